The van der Waals surface area contributed by atoms with Crippen LogP contribution >= 0.6 is 11.8 Å². The maximum absolute atomic E-state index is 11.8. The Kier molecular flexibility index (Phi) is 6.10. The van der Waals surface area contributed by atoms with Crippen LogP contribution in [0, 0.1) is 0 Å². The van der Waals surface area contributed by atoms with E-state index in [1.54, 1.807) is 11.8 Å². The molecule has 0 aromatic heterocycles. The summed E-state index contributed by atoms with van der Waals surface area (Å²) in [6, 6.07) is 0.144. The van der Waals surface area contributed by atoms with Crippen molar-refractivity contribution >= 4 is 17.7 Å². The highest BCUT2D eigenvalue weighted by Crippen LogP contribution is 2.25. The molecule has 0 aromatic rings. The molecule has 0 radical (unpaired) electrons. The van der Waals surface area contributed by atoms with E-state index >= 15 is 0 Å². The number of hydrogen-bond acceptors (Lipinski definition) is 3. The molecule has 88 valence electrons. The Morgan fingerprint density at radius 1 is 1.60 bits per heavy atom. The summed E-state index contributed by atoms with van der Waals surface area (Å²) in [6.07, 6.45) is 4.97. The predicted molar refractivity (Wildman–Crippen MR) is 64.0 cm³/mol. The van der Waals surface area contributed by atoms with Gasteiger partial charge in [0.15, 0.2) is 0 Å². The van der Waals surface area contributed by atoms with Gasteiger partial charge in [0.2, 0.25) is 5.91 Å². The molecule has 0 aromatic carbocycles. The third-order valence-electron chi connectivity index (χ3n) is 2.79. The largest absolute Gasteiger partial charge is 0.396 e. The van der Waals surface area contributed by atoms with Gasteiger partial charge in [-0.2, -0.15) is 0 Å². The molecule has 2 N–H and O–H groups in total. The Morgan fingerprint density at radius 2 is 2.40 bits per heavy atom. The maximum atomic E-state index is 11.8. The Hall–Kier alpha value is -0.220. The molecule has 0 aliphatic carbocycles. The van der Waals surface area contributed by atoms with Gasteiger partial charge in [-0.25, -0.2) is 0 Å². The average Bonchev–Trinajstić information content (AvgIpc) is 2.29. The SMILES string of the molecule is CCC(CCO)NC(=O)C1CCCCS1. The first-order chi connectivity index (χ1) is 7.27. The van der Waals surface area contributed by atoms with Gasteiger partial charge in [0.05, 0.1) is 5.25 Å². The molecule has 3 nitrogen and oxygen atoms in total. The lowest BCUT2D eigenvalue weighted by Gasteiger charge is -2.23. The standard InChI is InChI=1S/C11H21NO2S/c1-2-9(6-7-13)12-11(14)10-5-3-4-8-15-10/h9-10,13H,2-8H2,1H3,(H,12,14). The van der Waals surface area contributed by atoms with E-state index in [0.717, 1.165) is 18.6 Å². The number of nitrogens with one attached hydrogen (secondary N) is 1. The van der Waals surface area contributed by atoms with Crippen LogP contribution in [-0.2, 0) is 4.79 Å². The fourth-order valence-corrected chi connectivity index (χ4v) is 2.98. The van der Waals surface area contributed by atoms with E-state index in [2.05, 4.69) is 5.32 Å². The smallest absolute Gasteiger partial charge is 0.233 e. The third-order valence-corrected chi connectivity index (χ3v) is 4.17. The van der Waals surface area contributed by atoms with Crippen LogP contribution in [0.3, 0.4) is 0 Å². The van der Waals surface area contributed by atoms with Crippen LogP contribution in [-0.4, -0.2) is 34.7 Å². The van der Waals surface area contributed by atoms with Gasteiger partial charge in [-0.1, -0.05) is 13.3 Å². The quantitative estimate of drug-likeness (QED) is 0.755. The number of thioether (sulfide) groups is 1. The van der Waals surface area contributed by atoms with Gasteiger partial charge in [0.25, 0.3) is 0 Å². The Labute approximate surface area is 96.0 Å². The van der Waals surface area contributed by atoms with Gasteiger partial charge in [-0.05, 0) is 31.4 Å². The summed E-state index contributed by atoms with van der Waals surface area (Å²) < 4.78 is 0. The molecular formula is C11H21NO2S. The third kappa shape index (κ3) is 4.43. The molecule has 1 amide bonds. The maximum Gasteiger partial charge on any atom is 0.233 e. The first-order valence-corrected chi connectivity index (χ1v) is 6.85. The molecule has 2 atom stereocenters. The lowest BCUT2D eigenvalue weighted by atomic mass is 10.1. The van der Waals surface area contributed by atoms with Crippen molar-refractivity contribution < 1.29 is 9.90 Å². The number of carbonyl (C=O) groups is 1. The second-order valence-corrected chi connectivity index (χ2v) is 5.29. The van der Waals surface area contributed by atoms with E-state index in [1.165, 1.54) is 12.8 Å². The molecule has 1 aliphatic heterocycles. The van der Waals surface area contributed by atoms with E-state index in [9.17, 15) is 4.79 Å². The van der Waals surface area contributed by atoms with Crippen molar-refractivity contribution in [3.8, 4) is 0 Å². The molecule has 1 heterocycles. The van der Waals surface area contributed by atoms with Crippen LogP contribution < -0.4 is 5.32 Å². The fraction of sp³-hybridized carbons (Fsp3) is 0.909. The highest BCUT2D eigenvalue weighted by atomic mass is 32.2. The number of rotatable bonds is 5. The Balaban J connectivity index is 2.31. The van der Waals surface area contributed by atoms with Crippen LogP contribution in [0.1, 0.15) is 39.0 Å². The average molecular weight is 231 g/mol. The molecule has 15 heavy (non-hydrogen) atoms. The normalized spacial score (nSPS) is 23.5. The van der Waals surface area contributed by atoms with Gasteiger partial charge in [0, 0.05) is 12.6 Å². The van der Waals surface area contributed by atoms with Crippen molar-refractivity contribution in [2.75, 3.05) is 12.4 Å². The van der Waals surface area contributed by atoms with Crippen molar-refractivity contribution in [2.24, 2.45) is 0 Å². The second-order valence-electron chi connectivity index (χ2n) is 3.98. The van der Waals surface area contributed by atoms with Crippen molar-refractivity contribution in [3.05, 3.63) is 0 Å². The Bertz CT molecular complexity index is 193. The lowest BCUT2D eigenvalue weighted by molar-refractivity contribution is -0.121. The van der Waals surface area contributed by atoms with Gasteiger partial charge in [-0.15, -0.1) is 11.8 Å². The first-order valence-electron chi connectivity index (χ1n) is 5.80. The minimum absolute atomic E-state index is 0.144. The number of hydrogen-bond donors (Lipinski definition) is 2. The second kappa shape index (κ2) is 7.12. The first kappa shape index (κ1) is 12.8. The van der Waals surface area contributed by atoms with Gasteiger partial charge in [0.1, 0.15) is 0 Å². The molecule has 1 saturated heterocycles. The predicted octanol–water partition coefficient (Wildman–Crippen LogP) is 1.55. The summed E-state index contributed by atoms with van der Waals surface area (Å²) in [5.41, 5.74) is 0. The van der Waals surface area contributed by atoms with Crippen molar-refractivity contribution in [2.45, 2.75) is 50.3 Å². The lowest BCUT2D eigenvalue weighted by Crippen LogP contribution is -2.41. The summed E-state index contributed by atoms with van der Waals surface area (Å²) in [4.78, 5) is 11.8. The van der Waals surface area contributed by atoms with Crippen molar-refractivity contribution in [1.82, 2.24) is 5.32 Å². The highest BCUT2D eigenvalue weighted by molar-refractivity contribution is 8.00. The zero-order valence-corrected chi connectivity index (χ0v) is 10.2. The molecule has 1 fully saturated rings. The van der Waals surface area contributed by atoms with Crippen molar-refractivity contribution in [3.63, 3.8) is 0 Å². The summed E-state index contributed by atoms with van der Waals surface area (Å²) in [5, 5.41) is 12.0. The molecule has 1 aliphatic rings. The van der Waals surface area contributed by atoms with Gasteiger partial charge in [-0.3, -0.25) is 4.79 Å². The Morgan fingerprint density at radius 3 is 2.93 bits per heavy atom. The molecule has 0 spiro atoms. The monoisotopic (exact) mass is 231 g/mol. The zero-order valence-electron chi connectivity index (χ0n) is 9.37. The minimum Gasteiger partial charge on any atom is -0.396 e. The summed E-state index contributed by atoms with van der Waals surface area (Å²) in [6.45, 7) is 2.19. The van der Waals surface area contributed by atoms with E-state index in [4.69, 9.17) is 5.11 Å². The number of aliphatic hydroxyl groups excluding tert-OH is 1. The fourth-order valence-electron chi connectivity index (χ4n) is 1.78. The van der Waals surface area contributed by atoms with Crippen LogP contribution in [0.15, 0.2) is 0 Å². The molecular weight excluding hydrogens is 210 g/mol. The van der Waals surface area contributed by atoms with Gasteiger partial charge < -0.3 is 10.4 Å². The van der Waals surface area contributed by atoms with Crippen molar-refractivity contribution in [1.29, 1.82) is 0 Å². The van der Waals surface area contributed by atoms with Crippen LogP contribution in [0.2, 0.25) is 0 Å². The summed E-state index contributed by atoms with van der Waals surface area (Å²) in [5.74, 6) is 1.27. The van der Waals surface area contributed by atoms with E-state index in [0.29, 0.717) is 6.42 Å². The number of amides is 1. The molecule has 1 rings (SSSR count). The van der Waals surface area contributed by atoms with E-state index in [-0.39, 0.29) is 23.8 Å². The summed E-state index contributed by atoms with van der Waals surface area (Å²) in [7, 11) is 0. The highest BCUT2D eigenvalue weighted by Gasteiger charge is 2.23. The van der Waals surface area contributed by atoms with E-state index < -0.39 is 0 Å². The van der Waals surface area contributed by atoms with Crippen LogP contribution in [0.4, 0.5) is 0 Å². The molecule has 2 unspecified atom stereocenters. The number of aliphatic hydroxyl groups is 1. The minimum atomic E-state index is 0.144. The summed E-state index contributed by atoms with van der Waals surface area (Å²) >= 11 is 1.77. The van der Waals surface area contributed by atoms with Crippen LogP contribution in [0.5, 0.6) is 0 Å². The molecule has 4 heteroatoms. The van der Waals surface area contributed by atoms with Gasteiger partial charge >= 0.3 is 0 Å². The number of carbonyl (C=O) groups excluding carboxylic acids is 1. The topological polar surface area (TPSA) is 49.3 Å². The van der Waals surface area contributed by atoms with E-state index in [1.807, 2.05) is 6.92 Å². The molecule has 0 bridgehead atoms. The zero-order chi connectivity index (χ0) is 11.1. The van der Waals surface area contributed by atoms with Crippen LogP contribution in [0.25, 0.3) is 0 Å². The molecule has 0 saturated carbocycles.